The summed E-state index contributed by atoms with van der Waals surface area (Å²) in [5, 5.41) is 8.73. The van der Waals surface area contributed by atoms with Crippen LogP contribution in [0.25, 0.3) is 61.3 Å². The SMILES string of the molecule is C1=CN=C([Si](c2ccc(-n3c4c(c5ccccc53)CCC=C4)cc2)(c2ccc(-n3c4ccccc4c4c5c(ccc43)-c3ccccc3OC5)cc2)c2ccccn2)CC1. The van der Waals surface area contributed by atoms with E-state index in [9.17, 15) is 0 Å². The topological polar surface area (TPSA) is 44.3 Å². The van der Waals surface area contributed by atoms with Gasteiger partial charge in [-0.15, -0.1) is 0 Å². The molecule has 0 amide bonds. The summed E-state index contributed by atoms with van der Waals surface area (Å²) >= 11 is 0. The molecule has 1 unspecified atom stereocenters. The van der Waals surface area contributed by atoms with Gasteiger partial charge in [-0.3, -0.25) is 9.98 Å². The molecule has 59 heavy (non-hydrogen) atoms. The summed E-state index contributed by atoms with van der Waals surface area (Å²) in [4.78, 5) is 10.4. The first kappa shape index (κ1) is 34.1. The molecule has 0 saturated carbocycles. The van der Waals surface area contributed by atoms with Gasteiger partial charge in [0.25, 0.3) is 0 Å². The predicted octanol–water partition coefficient (Wildman–Crippen LogP) is 10.4. The number of allylic oxidation sites excluding steroid dienone is 2. The molecule has 5 nitrogen and oxygen atoms in total. The molecule has 0 N–H and O–H groups in total. The van der Waals surface area contributed by atoms with Crippen LogP contribution in [0.4, 0.5) is 0 Å². The van der Waals surface area contributed by atoms with Gasteiger partial charge in [0.15, 0.2) is 0 Å². The third-order valence-electron chi connectivity index (χ3n) is 12.8. The number of aryl methyl sites for hydroxylation is 1. The lowest BCUT2D eigenvalue weighted by atomic mass is 9.93. The number of para-hydroxylation sites is 3. The first-order valence-corrected chi connectivity index (χ1v) is 22.7. The Kier molecular flexibility index (Phi) is 7.81. The molecule has 1 atom stereocenters. The molecule has 0 bridgehead atoms. The maximum Gasteiger partial charge on any atom is 0.217 e. The number of fused-ring (bicyclic) bond motifs is 10. The summed E-state index contributed by atoms with van der Waals surface area (Å²) in [6, 6.07) is 55.7. The largest absolute Gasteiger partial charge is 0.488 e. The number of ether oxygens (including phenoxy) is 1. The average Bonchev–Trinajstić information content (AvgIpc) is 3.84. The van der Waals surface area contributed by atoms with Crippen molar-refractivity contribution in [3.8, 4) is 28.3 Å². The van der Waals surface area contributed by atoms with Crippen LogP contribution in [0.5, 0.6) is 5.75 Å². The molecule has 6 aromatic carbocycles. The zero-order valence-electron chi connectivity index (χ0n) is 32.6. The second-order valence-electron chi connectivity index (χ2n) is 15.8. The molecule has 5 heterocycles. The van der Waals surface area contributed by atoms with Gasteiger partial charge in [-0.1, -0.05) is 103 Å². The molecule has 0 radical (unpaired) electrons. The van der Waals surface area contributed by atoms with E-state index < -0.39 is 8.07 Å². The molecule has 282 valence electrons. The molecule has 2 aliphatic heterocycles. The van der Waals surface area contributed by atoms with Gasteiger partial charge in [0.2, 0.25) is 8.07 Å². The molecule has 0 fully saturated rings. The van der Waals surface area contributed by atoms with E-state index in [4.69, 9.17) is 14.7 Å². The summed E-state index contributed by atoms with van der Waals surface area (Å²) in [5.41, 5.74) is 12.3. The molecule has 3 aromatic heterocycles. The van der Waals surface area contributed by atoms with Gasteiger partial charge in [0.05, 0.1) is 16.6 Å². The number of hydrogen-bond acceptors (Lipinski definition) is 3. The van der Waals surface area contributed by atoms with E-state index >= 15 is 0 Å². The summed E-state index contributed by atoms with van der Waals surface area (Å²) in [6.07, 6.45) is 14.8. The van der Waals surface area contributed by atoms with Crippen LogP contribution in [0.15, 0.2) is 181 Å². The zero-order chi connectivity index (χ0) is 38.9. The highest BCUT2D eigenvalue weighted by Gasteiger charge is 2.46. The van der Waals surface area contributed by atoms with Gasteiger partial charge in [-0.2, -0.15) is 0 Å². The van der Waals surface area contributed by atoms with Crippen LogP contribution in [0.2, 0.25) is 0 Å². The summed E-state index contributed by atoms with van der Waals surface area (Å²) in [6.45, 7) is 0.546. The smallest absolute Gasteiger partial charge is 0.217 e. The number of rotatable bonds is 6. The number of hydrogen-bond donors (Lipinski definition) is 0. The average molecular weight is 777 g/mol. The van der Waals surface area contributed by atoms with Gasteiger partial charge in [0.1, 0.15) is 12.4 Å². The quantitative estimate of drug-likeness (QED) is 0.158. The Morgan fingerprint density at radius 1 is 0.542 bits per heavy atom. The number of pyridine rings is 1. The maximum absolute atomic E-state index is 6.36. The Bertz CT molecular complexity index is 3210. The molecular weight excluding hydrogens is 737 g/mol. The van der Waals surface area contributed by atoms with E-state index in [1.54, 1.807) is 0 Å². The predicted molar refractivity (Wildman–Crippen MR) is 246 cm³/mol. The maximum atomic E-state index is 6.36. The Balaban J connectivity index is 1.04. The van der Waals surface area contributed by atoms with Crippen molar-refractivity contribution in [2.24, 2.45) is 4.99 Å². The lowest BCUT2D eigenvalue weighted by molar-refractivity contribution is 0.304. The lowest BCUT2D eigenvalue weighted by Crippen LogP contribution is -2.73. The summed E-state index contributed by atoms with van der Waals surface area (Å²) < 4.78 is 11.2. The molecule has 1 aliphatic carbocycles. The van der Waals surface area contributed by atoms with Crippen molar-refractivity contribution in [2.45, 2.75) is 32.3 Å². The van der Waals surface area contributed by atoms with Gasteiger partial charge in [-0.25, -0.2) is 0 Å². The van der Waals surface area contributed by atoms with Crippen LogP contribution in [0, 0.1) is 0 Å². The molecule has 6 heteroatoms. The molecule has 0 saturated heterocycles. The normalized spacial score (nSPS) is 15.4. The van der Waals surface area contributed by atoms with Gasteiger partial charge in [-0.05, 0) is 114 Å². The Morgan fingerprint density at radius 2 is 1.24 bits per heavy atom. The number of benzene rings is 6. The molecule has 0 spiro atoms. The van der Waals surface area contributed by atoms with Crippen LogP contribution < -0.4 is 20.4 Å². The van der Waals surface area contributed by atoms with E-state index in [1.165, 1.54) is 76.5 Å². The Morgan fingerprint density at radius 3 is 2.00 bits per heavy atom. The fourth-order valence-electron chi connectivity index (χ4n) is 10.3. The monoisotopic (exact) mass is 776 g/mol. The standard InChI is InChI=1S/C53H40N4OSi/c1-5-17-46-41(13-1)42-14-2-6-18-47(42)56(46)36-23-27-38(28-24-36)59(51-21-9-11-33-54-51,52-22-10-12-34-55-52)39-29-25-37(26-30-39)57-48-19-7-3-16-44(48)53-45-35-58-50-20-8-4-15-43(50)40(45)31-32-49(53)57/h1,3-9,11-13,15-21,23-34H,2,10,14,22,35H2. The number of nitrogens with zero attached hydrogens (tertiary/aromatic N) is 4. The van der Waals surface area contributed by atoms with E-state index in [-0.39, 0.29) is 0 Å². The molecule has 12 rings (SSSR count). The minimum atomic E-state index is -2.94. The summed E-state index contributed by atoms with van der Waals surface area (Å²) in [5.74, 6) is 0.946. The van der Waals surface area contributed by atoms with Crippen LogP contribution >= 0.6 is 0 Å². The van der Waals surface area contributed by atoms with Crippen molar-refractivity contribution in [3.05, 3.63) is 193 Å². The van der Waals surface area contributed by atoms with Crippen molar-refractivity contribution in [3.63, 3.8) is 0 Å². The summed E-state index contributed by atoms with van der Waals surface area (Å²) in [7, 11) is -2.94. The van der Waals surface area contributed by atoms with Crippen molar-refractivity contribution < 1.29 is 4.74 Å². The second kappa shape index (κ2) is 13.5. The molecular formula is C53H40N4OSi. The van der Waals surface area contributed by atoms with Crippen molar-refractivity contribution in [1.82, 2.24) is 14.1 Å². The fraction of sp³-hybridized carbons (Fsp3) is 0.0943. The van der Waals surface area contributed by atoms with Crippen LogP contribution in [0.1, 0.15) is 36.1 Å². The first-order valence-electron chi connectivity index (χ1n) is 20.7. The highest BCUT2D eigenvalue weighted by Crippen LogP contribution is 2.44. The van der Waals surface area contributed by atoms with Gasteiger partial charge < -0.3 is 13.9 Å². The van der Waals surface area contributed by atoms with Crippen molar-refractivity contribution in [2.75, 3.05) is 0 Å². The number of aromatic nitrogens is 3. The van der Waals surface area contributed by atoms with Gasteiger partial charge >= 0.3 is 0 Å². The minimum Gasteiger partial charge on any atom is -0.488 e. The van der Waals surface area contributed by atoms with E-state index in [0.717, 1.165) is 48.0 Å². The zero-order valence-corrected chi connectivity index (χ0v) is 33.6. The highest BCUT2D eigenvalue weighted by molar-refractivity contribution is 7.30. The van der Waals surface area contributed by atoms with E-state index in [0.29, 0.717) is 6.61 Å². The second-order valence-corrected chi connectivity index (χ2v) is 19.6. The fourth-order valence-corrected chi connectivity index (χ4v) is 14.9. The highest BCUT2D eigenvalue weighted by atomic mass is 28.3. The molecule has 3 aliphatic rings. The van der Waals surface area contributed by atoms with Crippen LogP contribution in [0.3, 0.4) is 0 Å². The third-order valence-corrected chi connectivity index (χ3v) is 17.5. The Labute approximate surface area is 343 Å². The van der Waals surface area contributed by atoms with Crippen molar-refractivity contribution in [1.29, 1.82) is 0 Å². The molecule has 9 aromatic rings. The Hall–Kier alpha value is -7.02. The first-order chi connectivity index (χ1) is 29.3. The van der Waals surface area contributed by atoms with Crippen molar-refractivity contribution >= 4 is 67.9 Å². The number of aliphatic imine (C=N–C) groups is 1. The minimum absolute atomic E-state index is 0.546. The van der Waals surface area contributed by atoms with Gasteiger partial charge in [0, 0.05) is 67.4 Å². The van der Waals surface area contributed by atoms with E-state index in [2.05, 4.69) is 167 Å². The van der Waals surface area contributed by atoms with E-state index in [1.807, 2.05) is 24.5 Å². The lowest BCUT2D eigenvalue weighted by Gasteiger charge is -2.34. The third kappa shape index (κ3) is 5.09. The van der Waals surface area contributed by atoms with Crippen LogP contribution in [-0.4, -0.2) is 27.5 Å². The van der Waals surface area contributed by atoms with Crippen LogP contribution in [-0.2, 0) is 13.0 Å².